The number of hydrogen-bond acceptors (Lipinski definition) is 5. The van der Waals surface area contributed by atoms with Crippen LogP contribution in [0.15, 0.2) is 66.2 Å². The second-order valence-corrected chi connectivity index (χ2v) is 8.70. The largest absolute Gasteiger partial charge is 0.508 e. The predicted octanol–water partition coefficient (Wildman–Crippen LogP) is 5.82. The van der Waals surface area contributed by atoms with Gasteiger partial charge in [0, 0.05) is 11.6 Å². The third-order valence-corrected chi connectivity index (χ3v) is 6.03. The molecule has 1 atom stereocenters. The van der Waals surface area contributed by atoms with Gasteiger partial charge in [-0.25, -0.2) is 8.78 Å². The Morgan fingerprint density at radius 2 is 1.72 bits per heavy atom. The SMILES string of the molecule is CCOc1ccc(/C(O)=C2/C(=O)C(=O)N(c3ccc(F)cc3F)C2c2ccc(O)cc2)cc1C(C)C. The number of ether oxygens (including phenoxy) is 1. The van der Waals surface area contributed by atoms with Gasteiger partial charge in [0.2, 0.25) is 0 Å². The van der Waals surface area contributed by atoms with E-state index < -0.39 is 35.1 Å². The van der Waals surface area contributed by atoms with Gasteiger partial charge in [0.15, 0.2) is 0 Å². The number of phenols is 1. The molecule has 6 nitrogen and oxygen atoms in total. The summed E-state index contributed by atoms with van der Waals surface area (Å²) in [4.78, 5) is 27.3. The smallest absolute Gasteiger partial charge is 0.300 e. The number of Topliss-reactive ketones (excluding diaryl/α,β-unsaturated/α-hetero) is 1. The number of rotatable bonds is 6. The van der Waals surface area contributed by atoms with Crippen LogP contribution in [0, 0.1) is 11.6 Å². The first-order valence-corrected chi connectivity index (χ1v) is 11.5. The van der Waals surface area contributed by atoms with Crippen LogP contribution in [0.5, 0.6) is 11.5 Å². The minimum Gasteiger partial charge on any atom is -0.508 e. The first-order chi connectivity index (χ1) is 17.1. The minimum atomic E-state index is -1.22. The number of benzene rings is 3. The number of hydrogen-bond donors (Lipinski definition) is 2. The van der Waals surface area contributed by atoms with E-state index in [2.05, 4.69) is 0 Å². The van der Waals surface area contributed by atoms with Crippen LogP contribution in [0.4, 0.5) is 14.5 Å². The first kappa shape index (κ1) is 24.9. The Kier molecular flexibility index (Phi) is 6.79. The molecule has 1 amide bonds. The van der Waals surface area contributed by atoms with Gasteiger partial charge in [-0.3, -0.25) is 14.5 Å². The van der Waals surface area contributed by atoms with E-state index in [4.69, 9.17) is 4.74 Å². The van der Waals surface area contributed by atoms with Crippen molar-refractivity contribution in [1.29, 1.82) is 0 Å². The molecule has 1 unspecified atom stereocenters. The Hall–Kier alpha value is -4.20. The zero-order valence-corrected chi connectivity index (χ0v) is 20.0. The topological polar surface area (TPSA) is 87.1 Å². The van der Waals surface area contributed by atoms with E-state index in [0.29, 0.717) is 24.0 Å². The van der Waals surface area contributed by atoms with E-state index in [-0.39, 0.29) is 28.5 Å². The maximum absolute atomic E-state index is 14.8. The fraction of sp³-hybridized carbons (Fsp3) is 0.214. The van der Waals surface area contributed by atoms with Gasteiger partial charge in [-0.1, -0.05) is 26.0 Å². The molecule has 0 saturated carbocycles. The molecule has 1 aliphatic rings. The van der Waals surface area contributed by atoms with Crippen LogP contribution >= 0.6 is 0 Å². The molecule has 0 bridgehead atoms. The monoisotopic (exact) mass is 493 g/mol. The standard InChI is InChI=1S/C28H25F2NO5/c1-4-36-23-12-7-17(13-20(23)15(2)3)26(33)24-25(16-5-9-19(32)10-6-16)31(28(35)27(24)34)22-11-8-18(29)14-21(22)30/h5-15,25,32-33H,4H2,1-3H3/b26-24-. The molecule has 0 spiro atoms. The molecule has 0 aliphatic carbocycles. The lowest BCUT2D eigenvalue weighted by Crippen LogP contribution is -2.30. The predicted molar refractivity (Wildman–Crippen MR) is 131 cm³/mol. The van der Waals surface area contributed by atoms with E-state index in [9.17, 15) is 28.6 Å². The van der Waals surface area contributed by atoms with Crippen molar-refractivity contribution in [3.63, 3.8) is 0 Å². The van der Waals surface area contributed by atoms with Crippen LogP contribution in [0.2, 0.25) is 0 Å². The molecule has 0 aromatic heterocycles. The second kappa shape index (κ2) is 9.81. The summed E-state index contributed by atoms with van der Waals surface area (Å²) in [6.07, 6.45) is 0. The number of halogens is 2. The Morgan fingerprint density at radius 1 is 1.03 bits per heavy atom. The lowest BCUT2D eigenvalue weighted by Gasteiger charge is -2.26. The molecule has 8 heteroatoms. The summed E-state index contributed by atoms with van der Waals surface area (Å²) in [6, 6.07) is 12.0. The van der Waals surface area contributed by atoms with Crippen molar-refractivity contribution in [2.45, 2.75) is 32.7 Å². The van der Waals surface area contributed by atoms with Crippen LogP contribution < -0.4 is 9.64 Å². The Morgan fingerprint density at radius 3 is 2.33 bits per heavy atom. The number of aliphatic hydroxyl groups is 1. The molecule has 3 aromatic carbocycles. The average molecular weight is 494 g/mol. The van der Waals surface area contributed by atoms with Crippen molar-refractivity contribution in [1.82, 2.24) is 0 Å². The van der Waals surface area contributed by atoms with Crippen molar-refractivity contribution in [3.05, 3.63) is 94.6 Å². The van der Waals surface area contributed by atoms with Gasteiger partial charge in [0.1, 0.15) is 28.9 Å². The molecule has 3 aromatic rings. The number of anilines is 1. The Bertz CT molecular complexity index is 1360. The van der Waals surface area contributed by atoms with E-state index in [1.807, 2.05) is 20.8 Å². The highest BCUT2D eigenvalue weighted by atomic mass is 19.1. The quantitative estimate of drug-likeness (QED) is 0.257. The third-order valence-electron chi connectivity index (χ3n) is 6.03. The van der Waals surface area contributed by atoms with Crippen molar-refractivity contribution < 1.29 is 33.3 Å². The molecular weight excluding hydrogens is 468 g/mol. The highest BCUT2D eigenvalue weighted by Crippen LogP contribution is 2.43. The van der Waals surface area contributed by atoms with Crippen LogP contribution in [0.3, 0.4) is 0 Å². The lowest BCUT2D eigenvalue weighted by molar-refractivity contribution is -0.132. The van der Waals surface area contributed by atoms with Crippen LogP contribution in [0.25, 0.3) is 5.76 Å². The summed E-state index contributed by atoms with van der Waals surface area (Å²) in [5.41, 5.74) is 0.843. The van der Waals surface area contributed by atoms with Crippen molar-refractivity contribution in [2.75, 3.05) is 11.5 Å². The number of aromatic hydroxyl groups is 1. The maximum Gasteiger partial charge on any atom is 0.300 e. The number of carbonyl (C=O) groups is 2. The molecule has 36 heavy (non-hydrogen) atoms. The first-order valence-electron chi connectivity index (χ1n) is 11.5. The summed E-state index contributed by atoms with van der Waals surface area (Å²) in [5.74, 6) is -3.81. The zero-order valence-electron chi connectivity index (χ0n) is 20.0. The van der Waals surface area contributed by atoms with Gasteiger partial charge in [-0.15, -0.1) is 0 Å². The van der Waals surface area contributed by atoms with Crippen molar-refractivity contribution >= 4 is 23.1 Å². The van der Waals surface area contributed by atoms with Crippen molar-refractivity contribution in [3.8, 4) is 11.5 Å². The van der Waals surface area contributed by atoms with Gasteiger partial charge in [0.05, 0.1) is 23.9 Å². The zero-order chi connectivity index (χ0) is 26.1. The highest BCUT2D eigenvalue weighted by Gasteiger charge is 2.47. The molecule has 1 fully saturated rings. The summed E-state index contributed by atoms with van der Waals surface area (Å²) in [5, 5.41) is 21.1. The maximum atomic E-state index is 14.8. The fourth-order valence-corrected chi connectivity index (χ4v) is 4.32. The molecule has 4 rings (SSSR count). The summed E-state index contributed by atoms with van der Waals surface area (Å²) >= 11 is 0. The average Bonchev–Trinajstić information content (AvgIpc) is 3.10. The molecule has 186 valence electrons. The molecule has 2 N–H and O–H groups in total. The fourth-order valence-electron chi connectivity index (χ4n) is 4.32. The van der Waals surface area contributed by atoms with E-state index in [1.54, 1.807) is 18.2 Å². The van der Waals surface area contributed by atoms with Gasteiger partial charge >= 0.3 is 0 Å². The third kappa shape index (κ3) is 4.42. The van der Waals surface area contributed by atoms with E-state index in [1.165, 1.54) is 24.3 Å². The number of amides is 1. The minimum absolute atomic E-state index is 0.0305. The van der Waals surface area contributed by atoms with Crippen LogP contribution in [0.1, 0.15) is 49.4 Å². The summed E-state index contributed by atoms with van der Waals surface area (Å²) < 4.78 is 34.1. The second-order valence-electron chi connectivity index (χ2n) is 8.70. The number of nitrogens with zero attached hydrogens (tertiary/aromatic N) is 1. The molecule has 1 aliphatic heterocycles. The number of phenolic OH excluding ortho intramolecular Hbond substituents is 1. The van der Waals surface area contributed by atoms with Gasteiger partial charge in [-0.2, -0.15) is 0 Å². The number of ketones is 1. The molecular formula is C28H25F2NO5. The normalized spacial score (nSPS) is 17.2. The van der Waals surface area contributed by atoms with Crippen molar-refractivity contribution in [2.24, 2.45) is 0 Å². The molecule has 1 heterocycles. The van der Waals surface area contributed by atoms with Gasteiger partial charge < -0.3 is 14.9 Å². The molecule has 1 saturated heterocycles. The van der Waals surface area contributed by atoms with Gasteiger partial charge in [0.25, 0.3) is 11.7 Å². The van der Waals surface area contributed by atoms with Gasteiger partial charge in [-0.05, 0) is 66.4 Å². The lowest BCUT2D eigenvalue weighted by atomic mass is 9.93. The number of carbonyl (C=O) groups excluding carboxylic acids is 2. The van der Waals surface area contributed by atoms with E-state index in [0.717, 1.165) is 22.6 Å². The van der Waals surface area contributed by atoms with Crippen LogP contribution in [-0.4, -0.2) is 28.5 Å². The summed E-state index contributed by atoms with van der Waals surface area (Å²) in [6.45, 7) is 6.20. The van der Waals surface area contributed by atoms with Crippen LogP contribution in [-0.2, 0) is 9.59 Å². The Balaban J connectivity index is 1.95. The van der Waals surface area contributed by atoms with E-state index >= 15 is 0 Å². The highest BCUT2D eigenvalue weighted by molar-refractivity contribution is 6.51. The summed E-state index contributed by atoms with van der Waals surface area (Å²) in [7, 11) is 0. The Labute approximate surface area is 207 Å². The molecule has 0 radical (unpaired) electrons. The number of aliphatic hydroxyl groups excluding tert-OH is 1.